The number of rotatable bonds is 3. The van der Waals surface area contributed by atoms with E-state index in [1.807, 2.05) is 0 Å². The lowest BCUT2D eigenvalue weighted by molar-refractivity contribution is 0.572. The number of halogens is 2. The third-order valence-electron chi connectivity index (χ3n) is 2.36. The van der Waals surface area contributed by atoms with Crippen LogP contribution in [0.3, 0.4) is 0 Å². The Hall–Kier alpha value is -1.72. The molecule has 0 aliphatic rings. The first-order chi connectivity index (χ1) is 9.00. The molecule has 0 bridgehead atoms. The molecule has 6 heteroatoms. The molecule has 0 aliphatic carbocycles. The van der Waals surface area contributed by atoms with Crippen molar-refractivity contribution in [2.75, 3.05) is 0 Å². The van der Waals surface area contributed by atoms with Gasteiger partial charge in [-0.15, -0.1) is 0 Å². The second-order valence-corrected chi connectivity index (χ2v) is 5.82. The first-order valence-corrected chi connectivity index (χ1v) is 7.21. The molecule has 0 saturated carbocycles. The highest BCUT2D eigenvalue weighted by atomic mass is 35.5. The van der Waals surface area contributed by atoms with Crippen molar-refractivity contribution in [3.8, 4) is 0 Å². The summed E-state index contributed by atoms with van der Waals surface area (Å²) in [6.07, 6.45) is 2.78. The van der Waals surface area contributed by atoms with Gasteiger partial charge in [-0.25, -0.2) is 17.8 Å². The highest BCUT2D eigenvalue weighted by Crippen LogP contribution is 2.19. The van der Waals surface area contributed by atoms with Gasteiger partial charge in [-0.3, -0.25) is 0 Å². The molecule has 0 radical (unpaired) electrons. The zero-order valence-corrected chi connectivity index (χ0v) is 11.2. The third kappa shape index (κ3) is 3.19. The molecule has 98 valence electrons. The second-order valence-electron chi connectivity index (χ2n) is 3.66. The Bertz CT molecular complexity index is 729. The fourth-order valence-corrected chi connectivity index (χ4v) is 2.70. The molecule has 1 heterocycles. The maximum absolute atomic E-state index is 13.4. The van der Waals surface area contributed by atoms with E-state index in [2.05, 4.69) is 4.98 Å². The molecule has 2 rings (SSSR count). The van der Waals surface area contributed by atoms with Crippen molar-refractivity contribution >= 4 is 27.5 Å². The monoisotopic (exact) mass is 297 g/mol. The van der Waals surface area contributed by atoms with Crippen molar-refractivity contribution in [1.82, 2.24) is 4.98 Å². The predicted molar refractivity (Wildman–Crippen MR) is 71.9 cm³/mol. The van der Waals surface area contributed by atoms with Gasteiger partial charge in [0.1, 0.15) is 15.9 Å². The lowest BCUT2D eigenvalue weighted by Crippen LogP contribution is -1.99. The van der Waals surface area contributed by atoms with Gasteiger partial charge >= 0.3 is 0 Å². The first-order valence-electron chi connectivity index (χ1n) is 5.29. The average Bonchev–Trinajstić information content (AvgIpc) is 2.38. The van der Waals surface area contributed by atoms with E-state index in [1.165, 1.54) is 30.5 Å². The van der Waals surface area contributed by atoms with Crippen molar-refractivity contribution < 1.29 is 12.8 Å². The molecular weight excluding hydrogens is 289 g/mol. The van der Waals surface area contributed by atoms with Crippen LogP contribution in [-0.2, 0) is 9.84 Å². The Labute approximate surface area is 115 Å². The predicted octanol–water partition coefficient (Wildman–Crippen LogP) is 3.32. The first kappa shape index (κ1) is 13.7. The second kappa shape index (κ2) is 5.50. The molecule has 2 aromatic rings. The fraction of sp³-hybridized carbons (Fsp3) is 0. The molecule has 0 unspecified atom stereocenters. The zero-order chi connectivity index (χ0) is 13.9. The Morgan fingerprint density at radius 3 is 2.58 bits per heavy atom. The minimum Gasteiger partial charge on any atom is -0.244 e. The van der Waals surface area contributed by atoms with Crippen molar-refractivity contribution in [1.29, 1.82) is 0 Å². The number of hydrogen-bond donors (Lipinski definition) is 0. The van der Waals surface area contributed by atoms with Gasteiger partial charge in [0, 0.05) is 17.2 Å². The normalized spacial score (nSPS) is 11.9. The summed E-state index contributed by atoms with van der Waals surface area (Å²) in [7, 11) is -3.85. The van der Waals surface area contributed by atoms with Gasteiger partial charge in [-0.2, -0.15) is 0 Å². The number of sulfone groups is 1. The van der Waals surface area contributed by atoms with Gasteiger partial charge in [0.15, 0.2) is 0 Å². The van der Waals surface area contributed by atoms with Crippen molar-refractivity contribution in [3.63, 3.8) is 0 Å². The van der Waals surface area contributed by atoms with Crippen LogP contribution in [0.15, 0.2) is 52.9 Å². The maximum atomic E-state index is 13.4. The number of hydrogen-bond acceptors (Lipinski definition) is 3. The third-order valence-corrected chi connectivity index (χ3v) is 4.11. The summed E-state index contributed by atoms with van der Waals surface area (Å²) in [5.41, 5.74) is 0.448. The summed E-state index contributed by atoms with van der Waals surface area (Å²) in [6, 6.07) is 8.43. The number of pyridine rings is 1. The largest absolute Gasteiger partial charge is 0.244 e. The van der Waals surface area contributed by atoms with Crippen LogP contribution in [0.2, 0.25) is 5.15 Å². The van der Waals surface area contributed by atoms with Crippen LogP contribution in [0.25, 0.3) is 6.08 Å². The van der Waals surface area contributed by atoms with Crippen molar-refractivity contribution in [2.24, 2.45) is 0 Å². The van der Waals surface area contributed by atoms with E-state index in [0.29, 0.717) is 5.56 Å². The van der Waals surface area contributed by atoms with Gasteiger partial charge in [0.05, 0.1) is 0 Å². The van der Waals surface area contributed by atoms with E-state index in [4.69, 9.17) is 11.6 Å². The van der Waals surface area contributed by atoms with Crippen LogP contribution < -0.4 is 0 Å². The lowest BCUT2D eigenvalue weighted by Gasteiger charge is -2.00. The molecule has 1 aromatic carbocycles. The highest BCUT2D eigenvalue weighted by molar-refractivity contribution is 7.94. The number of aromatic nitrogens is 1. The molecule has 3 nitrogen and oxygen atoms in total. The van der Waals surface area contributed by atoms with Crippen molar-refractivity contribution in [3.05, 3.63) is 64.5 Å². The van der Waals surface area contributed by atoms with E-state index in [1.54, 1.807) is 12.1 Å². The summed E-state index contributed by atoms with van der Waals surface area (Å²) in [6.45, 7) is 0. The maximum Gasteiger partial charge on any atom is 0.202 e. The minimum absolute atomic E-state index is 0.183. The van der Waals surface area contributed by atoms with Gasteiger partial charge in [0.25, 0.3) is 0 Å². The summed E-state index contributed by atoms with van der Waals surface area (Å²) in [5.74, 6) is -0.788. The van der Waals surface area contributed by atoms with Crippen LogP contribution in [0.5, 0.6) is 0 Å². The van der Waals surface area contributed by atoms with Crippen LogP contribution in [0, 0.1) is 5.82 Å². The lowest BCUT2D eigenvalue weighted by atomic mass is 10.3. The smallest absolute Gasteiger partial charge is 0.202 e. The van der Waals surface area contributed by atoms with Gasteiger partial charge in [-0.05, 0) is 24.3 Å². The molecule has 0 fully saturated rings. The molecular formula is C13H9ClFNO2S. The summed E-state index contributed by atoms with van der Waals surface area (Å²) in [4.78, 5) is 3.45. The molecule has 0 spiro atoms. The molecule has 1 aromatic heterocycles. The number of nitrogens with zero attached hydrogens (tertiary/aromatic N) is 1. The van der Waals surface area contributed by atoms with Crippen LogP contribution in [0.4, 0.5) is 4.39 Å². The highest BCUT2D eigenvalue weighted by Gasteiger charge is 2.15. The van der Waals surface area contributed by atoms with Crippen molar-refractivity contribution in [2.45, 2.75) is 4.90 Å². The zero-order valence-electron chi connectivity index (χ0n) is 9.62. The Balaban J connectivity index is 2.38. The Kier molecular flexibility index (Phi) is 3.97. The quantitative estimate of drug-likeness (QED) is 0.817. The molecule has 0 atom stereocenters. The van der Waals surface area contributed by atoms with Gasteiger partial charge in [0.2, 0.25) is 9.84 Å². The minimum atomic E-state index is -3.85. The molecule has 0 amide bonds. The summed E-state index contributed by atoms with van der Waals surface area (Å²) >= 11 is 5.80. The average molecular weight is 298 g/mol. The summed E-state index contributed by atoms with van der Waals surface area (Å²) < 4.78 is 37.3. The van der Waals surface area contributed by atoms with Gasteiger partial charge in [-0.1, -0.05) is 29.8 Å². The summed E-state index contributed by atoms with van der Waals surface area (Å²) in [5, 5.41) is 1.09. The SMILES string of the molecule is O=S(=O)(/C=C/c1cccnc1Cl)c1ccccc1F. The topological polar surface area (TPSA) is 47.0 Å². The van der Waals surface area contributed by atoms with Crippen LogP contribution in [-0.4, -0.2) is 13.4 Å². The molecule has 19 heavy (non-hydrogen) atoms. The Morgan fingerprint density at radius 1 is 1.16 bits per heavy atom. The fourth-order valence-electron chi connectivity index (χ4n) is 1.43. The molecule has 0 saturated heterocycles. The Morgan fingerprint density at radius 2 is 1.89 bits per heavy atom. The van der Waals surface area contributed by atoms with Crippen LogP contribution in [0.1, 0.15) is 5.56 Å². The van der Waals surface area contributed by atoms with E-state index >= 15 is 0 Å². The van der Waals surface area contributed by atoms with E-state index in [9.17, 15) is 12.8 Å². The van der Waals surface area contributed by atoms with E-state index < -0.39 is 15.7 Å². The standard InChI is InChI=1S/C13H9ClFNO2S/c14-13-10(4-3-8-16-13)7-9-19(17,18)12-6-2-1-5-11(12)15/h1-9H/b9-7+. The van der Waals surface area contributed by atoms with Gasteiger partial charge < -0.3 is 0 Å². The van der Waals surface area contributed by atoms with E-state index in [0.717, 1.165) is 11.5 Å². The van der Waals surface area contributed by atoms with Crippen LogP contribution >= 0.6 is 11.6 Å². The van der Waals surface area contributed by atoms with E-state index in [-0.39, 0.29) is 10.0 Å². The molecule has 0 N–H and O–H groups in total. The number of benzene rings is 1. The molecule has 0 aliphatic heterocycles.